The molecule has 88 valence electrons. The van der Waals surface area contributed by atoms with Crippen LogP contribution in [-0.2, 0) is 6.54 Å². The van der Waals surface area contributed by atoms with Crippen molar-refractivity contribution in [1.82, 2.24) is 9.55 Å². The molecule has 0 aliphatic rings. The number of nitrogens with two attached hydrogens (primary N) is 1. The summed E-state index contributed by atoms with van der Waals surface area (Å²) in [6.07, 6.45) is 2.99. The highest BCUT2D eigenvalue weighted by Gasteiger charge is 2.10. The van der Waals surface area contributed by atoms with Gasteiger partial charge in [-0.1, -0.05) is 19.8 Å². The Bertz CT molecular complexity index is 491. The van der Waals surface area contributed by atoms with E-state index in [1.807, 2.05) is 0 Å². The lowest BCUT2D eigenvalue weighted by Crippen LogP contribution is -2.17. The zero-order valence-corrected chi connectivity index (χ0v) is 9.84. The molecule has 0 saturated heterocycles. The van der Waals surface area contributed by atoms with Gasteiger partial charge in [-0.3, -0.25) is 9.78 Å². The first-order valence-corrected chi connectivity index (χ1v) is 5.48. The van der Waals surface area contributed by atoms with Gasteiger partial charge in [0.25, 0.3) is 5.56 Å². The summed E-state index contributed by atoms with van der Waals surface area (Å²) in [5.74, 6) is 0.0415. The minimum absolute atomic E-state index is 0.0415. The molecule has 1 aromatic heterocycles. The summed E-state index contributed by atoms with van der Waals surface area (Å²) < 4.78 is 1.76. The van der Waals surface area contributed by atoms with Crippen molar-refractivity contribution in [2.45, 2.75) is 32.7 Å². The van der Waals surface area contributed by atoms with Crippen molar-refractivity contribution < 1.29 is 0 Å². The fourth-order valence-electron chi connectivity index (χ4n) is 1.41. The van der Waals surface area contributed by atoms with E-state index in [4.69, 9.17) is 18.0 Å². The van der Waals surface area contributed by atoms with Crippen molar-refractivity contribution in [2.75, 3.05) is 5.73 Å². The summed E-state index contributed by atoms with van der Waals surface area (Å²) in [6, 6.07) is 0. The number of anilines is 1. The summed E-state index contributed by atoms with van der Waals surface area (Å²) in [5.41, 5.74) is 4.72. The van der Waals surface area contributed by atoms with Crippen LogP contribution in [0, 0.1) is 9.68 Å². The smallest absolute Gasteiger partial charge is 0.283 e. The molecule has 1 rings (SSSR count). The highest BCUT2D eigenvalue weighted by molar-refractivity contribution is 7.71. The maximum Gasteiger partial charge on any atom is 0.283 e. The van der Waals surface area contributed by atoms with Gasteiger partial charge in [0.1, 0.15) is 5.82 Å². The highest BCUT2D eigenvalue weighted by Crippen LogP contribution is 2.16. The van der Waals surface area contributed by atoms with Crippen LogP contribution in [0.25, 0.3) is 0 Å². The third kappa shape index (κ3) is 2.54. The maximum atomic E-state index is 11.3. The van der Waals surface area contributed by atoms with Gasteiger partial charge in [0.05, 0.1) is 0 Å². The molecule has 0 saturated carbocycles. The Hall–Kier alpha value is -1.50. The summed E-state index contributed by atoms with van der Waals surface area (Å²) in [6.45, 7) is 2.66. The number of nitroso groups, excluding NO2 is 1. The zero-order chi connectivity index (χ0) is 12.1. The second-order valence-electron chi connectivity index (χ2n) is 3.44. The number of aromatic nitrogens is 2. The first kappa shape index (κ1) is 12.6. The zero-order valence-electron chi connectivity index (χ0n) is 9.02. The molecule has 0 aliphatic heterocycles. The minimum Gasteiger partial charge on any atom is -0.383 e. The average molecular weight is 242 g/mol. The summed E-state index contributed by atoms with van der Waals surface area (Å²) >= 11 is 4.97. The van der Waals surface area contributed by atoms with Gasteiger partial charge >= 0.3 is 0 Å². The van der Waals surface area contributed by atoms with E-state index in [1.54, 1.807) is 0 Å². The van der Waals surface area contributed by atoms with Crippen LogP contribution in [0.4, 0.5) is 11.5 Å². The standard InChI is InChI=1S/C9H14N4O2S/c1-2-3-4-5-13-7(10)6(12-15)8(14)11-9(13)16/h2-5,10H2,1H3,(H,11,14,16). The molecule has 0 amide bonds. The van der Waals surface area contributed by atoms with E-state index in [9.17, 15) is 9.70 Å². The van der Waals surface area contributed by atoms with E-state index in [1.165, 1.54) is 4.57 Å². The molecule has 16 heavy (non-hydrogen) atoms. The van der Waals surface area contributed by atoms with Crippen LogP contribution in [0.2, 0.25) is 0 Å². The SMILES string of the molecule is CCCCCn1c(N)c(N=O)c(=O)[nH]c1=S. The van der Waals surface area contributed by atoms with Gasteiger partial charge in [-0.15, -0.1) is 4.91 Å². The lowest BCUT2D eigenvalue weighted by Gasteiger charge is -2.10. The Kier molecular flexibility index (Phi) is 4.36. The first-order chi connectivity index (χ1) is 7.61. The fourth-order valence-corrected chi connectivity index (χ4v) is 1.69. The molecular formula is C9H14N4O2S. The van der Waals surface area contributed by atoms with Crippen LogP contribution >= 0.6 is 12.2 Å². The number of H-pyrrole nitrogens is 1. The Morgan fingerprint density at radius 3 is 2.75 bits per heavy atom. The van der Waals surface area contributed by atoms with Crippen molar-refractivity contribution in [1.29, 1.82) is 0 Å². The molecule has 0 radical (unpaired) electrons. The molecule has 1 aromatic rings. The molecule has 0 fully saturated rings. The lowest BCUT2D eigenvalue weighted by atomic mass is 10.2. The number of nitrogens with one attached hydrogen (secondary N) is 1. The quantitative estimate of drug-likeness (QED) is 0.469. The molecule has 0 spiro atoms. The van der Waals surface area contributed by atoms with Crippen molar-refractivity contribution in [3.05, 3.63) is 20.0 Å². The van der Waals surface area contributed by atoms with Crippen LogP contribution in [0.3, 0.4) is 0 Å². The second kappa shape index (κ2) is 5.55. The molecular weight excluding hydrogens is 228 g/mol. The first-order valence-electron chi connectivity index (χ1n) is 5.07. The van der Waals surface area contributed by atoms with Crippen LogP contribution < -0.4 is 11.3 Å². The number of hydrogen-bond donors (Lipinski definition) is 2. The van der Waals surface area contributed by atoms with Crippen LogP contribution in [-0.4, -0.2) is 9.55 Å². The van der Waals surface area contributed by atoms with Gasteiger partial charge in [0, 0.05) is 6.54 Å². The highest BCUT2D eigenvalue weighted by atomic mass is 32.1. The summed E-state index contributed by atoms with van der Waals surface area (Å²) in [5, 5.41) is 2.61. The van der Waals surface area contributed by atoms with Crippen molar-refractivity contribution in [3.8, 4) is 0 Å². The van der Waals surface area contributed by atoms with Gasteiger partial charge in [0.2, 0.25) is 5.69 Å². The molecule has 0 aliphatic carbocycles. The van der Waals surface area contributed by atoms with E-state index >= 15 is 0 Å². The van der Waals surface area contributed by atoms with Gasteiger partial charge in [-0.05, 0) is 23.8 Å². The number of unbranched alkanes of at least 4 members (excludes halogenated alkanes) is 2. The Morgan fingerprint density at radius 1 is 1.50 bits per heavy atom. The van der Waals surface area contributed by atoms with Crippen molar-refractivity contribution in [2.24, 2.45) is 5.18 Å². The third-order valence-corrected chi connectivity index (χ3v) is 2.61. The van der Waals surface area contributed by atoms with E-state index in [-0.39, 0.29) is 16.3 Å². The molecule has 1 heterocycles. The number of rotatable bonds is 5. The second-order valence-corrected chi connectivity index (χ2v) is 3.83. The Morgan fingerprint density at radius 2 is 2.19 bits per heavy atom. The average Bonchev–Trinajstić information content (AvgIpc) is 2.23. The molecule has 7 heteroatoms. The fraction of sp³-hybridized carbons (Fsp3) is 0.556. The normalized spacial score (nSPS) is 10.3. The monoisotopic (exact) mass is 242 g/mol. The van der Waals surface area contributed by atoms with E-state index in [2.05, 4.69) is 17.1 Å². The Labute approximate surface area is 97.5 Å². The summed E-state index contributed by atoms with van der Waals surface area (Å²) in [7, 11) is 0. The molecule has 6 nitrogen and oxygen atoms in total. The molecule has 3 N–H and O–H groups in total. The topological polar surface area (TPSA) is 93.2 Å². The predicted molar refractivity (Wildman–Crippen MR) is 65.3 cm³/mol. The van der Waals surface area contributed by atoms with Crippen molar-refractivity contribution in [3.63, 3.8) is 0 Å². The van der Waals surface area contributed by atoms with Gasteiger partial charge in [-0.2, -0.15) is 0 Å². The number of hydrogen-bond acceptors (Lipinski definition) is 5. The largest absolute Gasteiger partial charge is 0.383 e. The molecule has 0 unspecified atom stereocenters. The molecule has 0 bridgehead atoms. The van der Waals surface area contributed by atoms with E-state index in [0.717, 1.165) is 19.3 Å². The van der Waals surface area contributed by atoms with Gasteiger partial charge in [0.15, 0.2) is 4.77 Å². The number of nitrogens with zero attached hydrogens (tertiary/aromatic N) is 2. The number of nitrogen functional groups attached to an aromatic ring is 1. The van der Waals surface area contributed by atoms with Gasteiger partial charge in [-0.25, -0.2) is 0 Å². The minimum atomic E-state index is -0.635. The van der Waals surface area contributed by atoms with E-state index < -0.39 is 5.56 Å². The Balaban J connectivity index is 3.13. The third-order valence-electron chi connectivity index (χ3n) is 2.29. The maximum absolute atomic E-state index is 11.3. The number of aromatic amines is 1. The van der Waals surface area contributed by atoms with Crippen molar-refractivity contribution >= 4 is 23.7 Å². The van der Waals surface area contributed by atoms with Crippen LogP contribution in [0.1, 0.15) is 26.2 Å². The van der Waals surface area contributed by atoms with Crippen LogP contribution in [0.5, 0.6) is 0 Å². The predicted octanol–water partition coefficient (Wildman–Crippen LogP) is 2.08. The molecule has 0 aromatic carbocycles. The summed E-state index contributed by atoms with van der Waals surface area (Å²) in [4.78, 5) is 24.1. The van der Waals surface area contributed by atoms with Crippen LogP contribution in [0.15, 0.2) is 9.97 Å². The lowest BCUT2D eigenvalue weighted by molar-refractivity contribution is 0.591. The molecule has 0 atom stereocenters. The van der Waals surface area contributed by atoms with Gasteiger partial charge < -0.3 is 10.3 Å². The van der Waals surface area contributed by atoms with E-state index in [0.29, 0.717) is 6.54 Å².